The molecule has 5 rings (SSSR count). The number of anilines is 2. The molecule has 1 aliphatic heterocycles. The fraction of sp³-hybridized carbons (Fsp3) is 0.200. The molecule has 0 unspecified atom stereocenters. The number of carbonyl (C=O) groups excluding carboxylic acids is 2. The molecule has 1 aliphatic rings. The van der Waals surface area contributed by atoms with Gasteiger partial charge < -0.3 is 16.0 Å². The summed E-state index contributed by atoms with van der Waals surface area (Å²) < 4.78 is 43.1. The lowest BCUT2D eigenvalue weighted by Gasteiger charge is -2.32. The van der Waals surface area contributed by atoms with Gasteiger partial charge in [0.25, 0.3) is 12.3 Å². The number of nitrogens with zero attached hydrogens (tertiary/aromatic N) is 6. The number of halogens is 4. The van der Waals surface area contributed by atoms with Crippen LogP contribution in [-0.4, -0.2) is 49.6 Å². The van der Waals surface area contributed by atoms with Crippen molar-refractivity contribution in [2.45, 2.75) is 19.4 Å². The molecule has 0 aliphatic carbocycles. The van der Waals surface area contributed by atoms with Crippen molar-refractivity contribution in [2.75, 3.05) is 23.3 Å². The molecule has 2 amide bonds. The number of primary amides is 1. The zero-order chi connectivity index (χ0) is 27.7. The topological polar surface area (TPSA) is 132 Å². The van der Waals surface area contributed by atoms with Crippen LogP contribution in [0.3, 0.4) is 0 Å². The van der Waals surface area contributed by atoms with E-state index >= 15 is 0 Å². The maximum absolute atomic E-state index is 14.7. The molecule has 1 saturated heterocycles. The van der Waals surface area contributed by atoms with E-state index in [1.807, 2.05) is 4.90 Å². The predicted molar refractivity (Wildman–Crippen MR) is 136 cm³/mol. The highest BCUT2D eigenvalue weighted by Gasteiger charge is 2.23. The van der Waals surface area contributed by atoms with Gasteiger partial charge in [-0.1, -0.05) is 17.7 Å². The number of hydrogen-bond acceptors (Lipinski definition) is 7. The van der Waals surface area contributed by atoms with Crippen LogP contribution in [0, 0.1) is 5.82 Å². The third kappa shape index (κ3) is 5.39. The normalized spacial score (nSPS) is 12.9. The molecular formula is C25H20ClF3N8O2. The van der Waals surface area contributed by atoms with E-state index in [9.17, 15) is 22.8 Å². The van der Waals surface area contributed by atoms with E-state index in [-0.39, 0.29) is 28.6 Å². The molecule has 39 heavy (non-hydrogen) atoms. The van der Waals surface area contributed by atoms with Crippen LogP contribution in [-0.2, 0) is 6.54 Å². The molecule has 3 N–H and O–H groups in total. The first-order chi connectivity index (χ1) is 18.7. The third-order valence-corrected chi connectivity index (χ3v) is 6.42. The Labute approximate surface area is 224 Å². The van der Waals surface area contributed by atoms with Gasteiger partial charge in [0.2, 0.25) is 5.91 Å². The van der Waals surface area contributed by atoms with Crippen molar-refractivity contribution < 1.29 is 22.8 Å². The van der Waals surface area contributed by atoms with Gasteiger partial charge in [-0.3, -0.25) is 19.3 Å². The second kappa shape index (κ2) is 10.7. The Balaban J connectivity index is 1.34. The van der Waals surface area contributed by atoms with Gasteiger partial charge in [-0.05, 0) is 18.6 Å². The SMILES string of the molecule is NC(=O)c1cc(N2CCC2)ncc1Cn1cc(NC(=O)c2cncc(-c3c(C(F)F)ccc(Cl)c3F)n2)cn1. The van der Waals surface area contributed by atoms with Crippen LogP contribution in [0.2, 0.25) is 5.02 Å². The van der Waals surface area contributed by atoms with Crippen LogP contribution >= 0.6 is 11.6 Å². The van der Waals surface area contributed by atoms with E-state index in [2.05, 4.69) is 25.4 Å². The van der Waals surface area contributed by atoms with Crippen molar-refractivity contribution in [3.05, 3.63) is 82.4 Å². The smallest absolute Gasteiger partial charge is 0.275 e. The summed E-state index contributed by atoms with van der Waals surface area (Å²) >= 11 is 5.78. The summed E-state index contributed by atoms with van der Waals surface area (Å²) in [5, 5.41) is 6.39. The lowest BCUT2D eigenvalue weighted by atomic mass is 10.0. The van der Waals surface area contributed by atoms with Crippen molar-refractivity contribution in [3.63, 3.8) is 0 Å². The van der Waals surface area contributed by atoms with Gasteiger partial charge in [0, 0.05) is 47.7 Å². The molecule has 1 aromatic carbocycles. The minimum atomic E-state index is -3.01. The number of benzene rings is 1. The van der Waals surface area contributed by atoms with Crippen molar-refractivity contribution in [3.8, 4) is 11.3 Å². The molecule has 0 bridgehead atoms. The second-order valence-electron chi connectivity index (χ2n) is 8.70. The quantitative estimate of drug-likeness (QED) is 0.334. The summed E-state index contributed by atoms with van der Waals surface area (Å²) in [6, 6.07) is 3.66. The molecular weight excluding hydrogens is 537 g/mol. The van der Waals surface area contributed by atoms with Crippen LogP contribution in [0.4, 0.5) is 24.7 Å². The summed E-state index contributed by atoms with van der Waals surface area (Å²) in [7, 11) is 0. The maximum Gasteiger partial charge on any atom is 0.275 e. The molecule has 1 fully saturated rings. The van der Waals surface area contributed by atoms with Crippen LogP contribution < -0.4 is 16.0 Å². The number of nitrogens with two attached hydrogens (primary N) is 1. The maximum atomic E-state index is 14.7. The zero-order valence-electron chi connectivity index (χ0n) is 20.1. The Bertz CT molecular complexity index is 1570. The largest absolute Gasteiger partial charge is 0.366 e. The highest BCUT2D eigenvalue weighted by Crippen LogP contribution is 2.35. The standard InChI is InChI=1S/C25H20ClF3N8O2/c26-17-3-2-15(23(28)29)21(22(17)27)18-9-31-10-19(35-18)25(39)34-14-8-33-37(12-14)11-13-7-32-20(36-4-1-5-36)6-16(13)24(30)38/h2-3,6-10,12,23H,1,4-5,11H2,(H2,30,38)(H,34,39). The molecule has 4 aromatic rings. The molecule has 0 saturated carbocycles. The van der Waals surface area contributed by atoms with E-state index in [4.69, 9.17) is 17.3 Å². The number of alkyl halides is 2. The van der Waals surface area contributed by atoms with Gasteiger partial charge in [0.05, 0.1) is 41.5 Å². The zero-order valence-corrected chi connectivity index (χ0v) is 20.9. The summed E-state index contributed by atoms with van der Waals surface area (Å²) in [5.74, 6) is -1.75. The summed E-state index contributed by atoms with van der Waals surface area (Å²) in [5.41, 5.74) is 5.02. The third-order valence-electron chi connectivity index (χ3n) is 6.13. The molecule has 0 atom stereocenters. The van der Waals surface area contributed by atoms with Gasteiger partial charge >= 0.3 is 0 Å². The van der Waals surface area contributed by atoms with Crippen LogP contribution in [0.1, 0.15) is 44.8 Å². The lowest BCUT2D eigenvalue weighted by Crippen LogP contribution is -2.37. The number of rotatable bonds is 8. The number of carbonyl (C=O) groups is 2. The van der Waals surface area contributed by atoms with Gasteiger partial charge in [0.1, 0.15) is 11.5 Å². The Morgan fingerprint density at radius 3 is 2.64 bits per heavy atom. The Hall–Kier alpha value is -4.52. The van der Waals surface area contributed by atoms with Gasteiger partial charge in [-0.15, -0.1) is 0 Å². The van der Waals surface area contributed by atoms with Crippen LogP contribution in [0.15, 0.2) is 49.2 Å². The Kier molecular flexibility index (Phi) is 7.15. The number of aromatic nitrogens is 5. The van der Waals surface area contributed by atoms with E-state index in [0.717, 1.165) is 44.0 Å². The van der Waals surface area contributed by atoms with Gasteiger partial charge in [-0.25, -0.2) is 23.1 Å². The molecule has 4 heterocycles. The van der Waals surface area contributed by atoms with E-state index < -0.39 is 35.2 Å². The monoisotopic (exact) mass is 556 g/mol. The highest BCUT2D eigenvalue weighted by molar-refractivity contribution is 6.31. The fourth-order valence-corrected chi connectivity index (χ4v) is 4.19. The first-order valence-corrected chi connectivity index (χ1v) is 12.0. The minimum Gasteiger partial charge on any atom is -0.366 e. The number of amides is 2. The number of hydrogen-bond donors (Lipinski definition) is 2. The average Bonchev–Trinajstić information content (AvgIpc) is 3.31. The number of pyridine rings is 1. The molecule has 200 valence electrons. The highest BCUT2D eigenvalue weighted by atomic mass is 35.5. The van der Waals surface area contributed by atoms with Gasteiger partial charge in [-0.2, -0.15) is 5.10 Å². The van der Waals surface area contributed by atoms with E-state index in [1.165, 1.54) is 17.1 Å². The van der Waals surface area contributed by atoms with Crippen molar-refractivity contribution in [2.24, 2.45) is 5.73 Å². The summed E-state index contributed by atoms with van der Waals surface area (Å²) in [4.78, 5) is 39.2. The first-order valence-electron chi connectivity index (χ1n) is 11.7. The molecule has 14 heteroatoms. The lowest BCUT2D eigenvalue weighted by molar-refractivity contribution is 0.0996. The fourth-order valence-electron chi connectivity index (χ4n) is 4.03. The van der Waals surface area contributed by atoms with Crippen molar-refractivity contribution in [1.82, 2.24) is 24.7 Å². The van der Waals surface area contributed by atoms with Gasteiger partial charge in [0.15, 0.2) is 5.82 Å². The van der Waals surface area contributed by atoms with Crippen LogP contribution in [0.25, 0.3) is 11.3 Å². The minimum absolute atomic E-state index is 0.154. The molecule has 3 aromatic heterocycles. The average molecular weight is 557 g/mol. The molecule has 0 spiro atoms. The Morgan fingerprint density at radius 2 is 1.95 bits per heavy atom. The van der Waals surface area contributed by atoms with Crippen molar-refractivity contribution in [1.29, 1.82) is 0 Å². The Morgan fingerprint density at radius 1 is 1.15 bits per heavy atom. The summed E-state index contributed by atoms with van der Waals surface area (Å²) in [6.45, 7) is 1.88. The molecule has 0 radical (unpaired) electrons. The molecule has 10 nitrogen and oxygen atoms in total. The number of nitrogens with one attached hydrogen (secondary N) is 1. The van der Waals surface area contributed by atoms with Crippen molar-refractivity contribution >= 4 is 34.9 Å². The van der Waals surface area contributed by atoms with Crippen LogP contribution in [0.5, 0.6) is 0 Å². The second-order valence-corrected chi connectivity index (χ2v) is 9.11. The summed E-state index contributed by atoms with van der Waals surface area (Å²) in [6.07, 6.45) is 4.67. The first kappa shape index (κ1) is 26.1. The predicted octanol–water partition coefficient (Wildman–Crippen LogP) is 4.07. The van der Waals surface area contributed by atoms with E-state index in [1.54, 1.807) is 12.3 Å². The van der Waals surface area contributed by atoms with E-state index in [0.29, 0.717) is 16.9 Å².